The molecule has 0 atom stereocenters. The van der Waals surface area contributed by atoms with Gasteiger partial charge in [0.25, 0.3) is 0 Å². The molecule has 5 aromatic carbocycles. The predicted octanol–water partition coefficient (Wildman–Crippen LogP) is 8.55. The summed E-state index contributed by atoms with van der Waals surface area (Å²) in [6.07, 6.45) is 1.94. The highest BCUT2D eigenvalue weighted by Crippen LogP contribution is 2.53. The van der Waals surface area contributed by atoms with Crippen molar-refractivity contribution in [2.75, 3.05) is 9.80 Å². The number of aromatic nitrogens is 1. The maximum atomic E-state index is 13.2. The van der Waals surface area contributed by atoms with Crippen LogP contribution < -0.4 is 15.2 Å². The fourth-order valence-electron chi connectivity index (χ4n) is 5.46. The van der Waals surface area contributed by atoms with E-state index in [0.717, 1.165) is 50.9 Å². The van der Waals surface area contributed by atoms with E-state index in [4.69, 9.17) is 0 Å². The number of benzene rings is 5. The summed E-state index contributed by atoms with van der Waals surface area (Å²) in [6.45, 7) is 1.88. The number of pyridine rings is 1. The van der Waals surface area contributed by atoms with Gasteiger partial charge < -0.3 is 14.4 Å². The Labute approximate surface area is 221 Å². The summed E-state index contributed by atoms with van der Waals surface area (Å²) in [7, 11) is 0. The summed E-state index contributed by atoms with van der Waals surface area (Å²) < 4.78 is 2.12. The molecule has 7 rings (SSSR count). The summed E-state index contributed by atoms with van der Waals surface area (Å²) in [5.41, 5.74) is 9.15. The lowest BCUT2D eigenvalue weighted by Gasteiger charge is -2.40. The van der Waals surface area contributed by atoms with Crippen LogP contribution in [0, 0.1) is 6.92 Å². The number of para-hydroxylation sites is 6. The second kappa shape index (κ2) is 8.79. The van der Waals surface area contributed by atoms with Crippen molar-refractivity contribution in [2.24, 2.45) is 0 Å². The molecular formula is C34H25N3O. The number of nitrogens with zero attached hydrogens (tertiary/aromatic N) is 3. The summed E-state index contributed by atoms with van der Waals surface area (Å²) in [5, 5.41) is 0.710. The lowest BCUT2D eigenvalue weighted by molar-refractivity contribution is 1.07. The molecular weight excluding hydrogens is 466 g/mol. The van der Waals surface area contributed by atoms with E-state index in [1.54, 1.807) is 0 Å². The molecule has 0 radical (unpaired) electrons. The molecule has 2 heterocycles. The van der Waals surface area contributed by atoms with E-state index in [1.807, 2.05) is 43.5 Å². The Bertz CT molecular complexity index is 1810. The number of anilines is 6. The summed E-state index contributed by atoms with van der Waals surface area (Å²) in [6, 6.07) is 43.8. The van der Waals surface area contributed by atoms with Gasteiger partial charge in [0.15, 0.2) is 5.43 Å². The first-order valence-electron chi connectivity index (χ1n) is 12.8. The van der Waals surface area contributed by atoms with Gasteiger partial charge in [-0.15, -0.1) is 0 Å². The zero-order valence-electron chi connectivity index (χ0n) is 21.0. The third-order valence-electron chi connectivity index (χ3n) is 7.20. The van der Waals surface area contributed by atoms with Gasteiger partial charge in [0.2, 0.25) is 0 Å². The van der Waals surface area contributed by atoms with Crippen LogP contribution >= 0.6 is 0 Å². The fourth-order valence-corrected chi connectivity index (χ4v) is 5.46. The normalized spacial score (nSPS) is 12.3. The highest BCUT2D eigenvalue weighted by atomic mass is 16.1. The second-order valence-corrected chi connectivity index (χ2v) is 9.53. The van der Waals surface area contributed by atoms with E-state index in [2.05, 4.69) is 111 Å². The zero-order chi connectivity index (χ0) is 25.6. The van der Waals surface area contributed by atoms with Gasteiger partial charge in [-0.2, -0.15) is 0 Å². The highest BCUT2D eigenvalue weighted by Gasteiger charge is 2.30. The molecule has 0 unspecified atom stereocenters. The van der Waals surface area contributed by atoms with Crippen molar-refractivity contribution in [1.29, 1.82) is 0 Å². The van der Waals surface area contributed by atoms with Crippen LogP contribution in [0.5, 0.6) is 0 Å². The topological polar surface area (TPSA) is 28.5 Å². The van der Waals surface area contributed by atoms with Crippen molar-refractivity contribution in [1.82, 2.24) is 4.57 Å². The molecule has 1 aromatic heterocycles. The van der Waals surface area contributed by atoms with Gasteiger partial charge in [-0.05, 0) is 73.7 Å². The zero-order valence-corrected chi connectivity index (χ0v) is 21.0. The van der Waals surface area contributed by atoms with Crippen molar-refractivity contribution in [3.8, 4) is 5.69 Å². The number of hydrogen-bond acceptors (Lipinski definition) is 3. The number of aryl methyl sites for hydroxylation is 1. The number of hydrogen-bond donors (Lipinski definition) is 0. The minimum absolute atomic E-state index is 0.0634. The molecule has 4 nitrogen and oxygen atoms in total. The third kappa shape index (κ3) is 3.42. The van der Waals surface area contributed by atoms with Crippen LogP contribution in [0.4, 0.5) is 34.1 Å². The van der Waals surface area contributed by atoms with E-state index in [0.29, 0.717) is 5.39 Å². The van der Waals surface area contributed by atoms with Crippen molar-refractivity contribution >= 4 is 45.0 Å². The van der Waals surface area contributed by atoms with E-state index >= 15 is 0 Å². The lowest BCUT2D eigenvalue weighted by atomic mass is 10.0. The quantitative estimate of drug-likeness (QED) is 0.248. The summed E-state index contributed by atoms with van der Waals surface area (Å²) in [5.74, 6) is 0. The molecule has 6 aromatic rings. The van der Waals surface area contributed by atoms with Crippen LogP contribution in [0.3, 0.4) is 0 Å². The molecule has 0 fully saturated rings. The molecule has 0 aliphatic carbocycles. The van der Waals surface area contributed by atoms with Crippen LogP contribution in [0.25, 0.3) is 16.6 Å². The average molecular weight is 492 g/mol. The number of fused-ring (bicyclic) bond motifs is 3. The predicted molar refractivity (Wildman–Crippen MR) is 157 cm³/mol. The van der Waals surface area contributed by atoms with Gasteiger partial charge in [0.1, 0.15) is 0 Å². The minimum atomic E-state index is 0.0634. The van der Waals surface area contributed by atoms with Crippen LogP contribution in [-0.4, -0.2) is 4.57 Å². The van der Waals surface area contributed by atoms with E-state index in [9.17, 15) is 4.79 Å². The Balaban J connectivity index is 1.49. The van der Waals surface area contributed by atoms with Crippen LogP contribution in [0.15, 0.2) is 138 Å². The SMILES string of the molecule is Cc1cn(-c2ccccc2)c2cc(N3c4ccccc4N(c4ccccc4)c4ccccc43)ccc2c1=O. The molecule has 0 amide bonds. The molecule has 38 heavy (non-hydrogen) atoms. The molecule has 0 saturated heterocycles. The molecule has 1 aliphatic rings. The van der Waals surface area contributed by atoms with Crippen molar-refractivity contribution in [2.45, 2.75) is 6.92 Å². The fraction of sp³-hybridized carbons (Fsp3) is 0.0294. The Morgan fingerprint density at radius 3 is 1.53 bits per heavy atom. The lowest BCUT2D eigenvalue weighted by Crippen LogP contribution is -2.24. The molecule has 0 bridgehead atoms. The maximum absolute atomic E-state index is 13.2. The van der Waals surface area contributed by atoms with Crippen molar-refractivity contribution < 1.29 is 0 Å². The Morgan fingerprint density at radius 1 is 0.500 bits per heavy atom. The molecule has 0 spiro atoms. The van der Waals surface area contributed by atoms with Gasteiger partial charge >= 0.3 is 0 Å². The van der Waals surface area contributed by atoms with Gasteiger partial charge in [0.05, 0.1) is 28.3 Å². The van der Waals surface area contributed by atoms with E-state index in [1.165, 1.54) is 0 Å². The largest absolute Gasteiger partial charge is 0.316 e. The van der Waals surface area contributed by atoms with Gasteiger partial charge in [0, 0.05) is 34.2 Å². The standard InChI is InChI=1S/C34H25N3O/c1-24-23-35(25-12-4-2-5-13-25)33-22-27(20-21-28(33)34(24)38)37-31-18-10-8-16-29(31)36(26-14-6-3-7-15-26)30-17-9-11-19-32(30)37/h2-23H,1H3. The van der Waals surface area contributed by atoms with Crippen LogP contribution in [-0.2, 0) is 0 Å². The van der Waals surface area contributed by atoms with Crippen molar-refractivity contribution in [3.63, 3.8) is 0 Å². The van der Waals surface area contributed by atoms with Gasteiger partial charge in [-0.1, -0.05) is 60.7 Å². The highest BCUT2D eigenvalue weighted by molar-refractivity contribution is 6.02. The first-order valence-corrected chi connectivity index (χ1v) is 12.8. The Hall–Kier alpha value is -5.09. The van der Waals surface area contributed by atoms with E-state index in [-0.39, 0.29) is 5.43 Å². The summed E-state index contributed by atoms with van der Waals surface area (Å²) in [4.78, 5) is 17.8. The van der Waals surface area contributed by atoms with Crippen LogP contribution in [0.2, 0.25) is 0 Å². The molecule has 0 saturated carbocycles. The maximum Gasteiger partial charge on any atom is 0.192 e. The van der Waals surface area contributed by atoms with Crippen LogP contribution in [0.1, 0.15) is 5.56 Å². The third-order valence-corrected chi connectivity index (χ3v) is 7.20. The first-order chi connectivity index (χ1) is 18.7. The molecule has 182 valence electrons. The van der Waals surface area contributed by atoms with Crippen molar-refractivity contribution in [3.05, 3.63) is 149 Å². The minimum Gasteiger partial charge on any atom is -0.316 e. The Kier molecular flexibility index (Phi) is 5.12. The van der Waals surface area contributed by atoms with Gasteiger partial charge in [-0.3, -0.25) is 4.79 Å². The first kappa shape index (κ1) is 22.1. The van der Waals surface area contributed by atoms with Gasteiger partial charge in [-0.25, -0.2) is 0 Å². The van der Waals surface area contributed by atoms with E-state index < -0.39 is 0 Å². The molecule has 1 aliphatic heterocycles. The second-order valence-electron chi connectivity index (χ2n) is 9.53. The average Bonchev–Trinajstić information content (AvgIpc) is 2.98. The smallest absolute Gasteiger partial charge is 0.192 e. The number of rotatable bonds is 3. The molecule has 4 heteroatoms. The Morgan fingerprint density at radius 2 is 0.974 bits per heavy atom. The molecule has 0 N–H and O–H groups in total. The summed E-state index contributed by atoms with van der Waals surface area (Å²) >= 11 is 0. The monoisotopic (exact) mass is 491 g/mol.